The zero-order chi connectivity index (χ0) is 12.5. The van der Waals surface area contributed by atoms with Gasteiger partial charge in [-0.2, -0.15) is 18.6 Å². The maximum absolute atomic E-state index is 4.10. The number of rotatable bonds is 1. The van der Waals surface area contributed by atoms with Gasteiger partial charge in [-0.25, -0.2) is 0 Å². The molecule has 0 saturated carbocycles. The van der Waals surface area contributed by atoms with Crippen molar-refractivity contribution in [1.29, 1.82) is 0 Å². The van der Waals surface area contributed by atoms with Crippen LogP contribution in [-0.4, -0.2) is 0 Å². The van der Waals surface area contributed by atoms with Crippen LogP contribution in [0.15, 0.2) is 60.8 Å². The Morgan fingerprint density at radius 1 is 0.842 bits per heavy atom. The van der Waals surface area contributed by atoms with E-state index < -0.39 is 0 Å². The van der Waals surface area contributed by atoms with Gasteiger partial charge in [0, 0.05) is 27.2 Å². The summed E-state index contributed by atoms with van der Waals surface area (Å²) < 4.78 is 1.91. The second kappa shape index (κ2) is 5.48. The summed E-state index contributed by atoms with van der Waals surface area (Å²) in [5.41, 5.74) is 3.26. The van der Waals surface area contributed by atoms with Crippen LogP contribution in [-0.2, 0) is 20.1 Å². The van der Waals surface area contributed by atoms with Crippen LogP contribution in [0.2, 0.25) is 0 Å². The van der Waals surface area contributed by atoms with E-state index in [4.69, 9.17) is 0 Å². The molecule has 3 rings (SSSR count). The molecule has 0 aliphatic carbocycles. The summed E-state index contributed by atoms with van der Waals surface area (Å²) in [6.07, 6.45) is 1.99. The van der Waals surface area contributed by atoms with Gasteiger partial charge in [-0.15, -0.1) is 17.7 Å². The summed E-state index contributed by atoms with van der Waals surface area (Å²) in [7, 11) is 4.08. The molecule has 0 bridgehead atoms. The van der Waals surface area contributed by atoms with Crippen molar-refractivity contribution in [3.8, 4) is 11.3 Å². The molecular weight excluding hydrogens is 410 g/mol. The number of fused-ring (bicyclic) bond motifs is 1. The van der Waals surface area contributed by atoms with Crippen molar-refractivity contribution in [3.63, 3.8) is 0 Å². The van der Waals surface area contributed by atoms with Crippen LogP contribution in [0.4, 0.5) is 0 Å². The number of aromatic nitrogens is 1. The molecular formula is C17H14IrN-. The van der Waals surface area contributed by atoms with E-state index in [1.54, 1.807) is 0 Å². The Morgan fingerprint density at radius 3 is 2.32 bits per heavy atom. The normalized spacial score (nSPS) is 10.1. The molecule has 3 aromatic rings. The van der Waals surface area contributed by atoms with Gasteiger partial charge < -0.3 is 4.57 Å². The predicted octanol–water partition coefficient (Wildman–Crippen LogP) is 3.61. The van der Waals surface area contributed by atoms with Crippen molar-refractivity contribution in [1.82, 2.24) is 0 Å². The summed E-state index contributed by atoms with van der Waals surface area (Å²) in [5, 5.41) is 2.42. The third-order valence-electron chi connectivity index (χ3n) is 3.21. The molecule has 0 aliphatic heterocycles. The molecule has 1 heterocycles. The van der Waals surface area contributed by atoms with Gasteiger partial charge in [0.1, 0.15) is 0 Å². The number of benzene rings is 2. The van der Waals surface area contributed by atoms with Crippen LogP contribution in [0.3, 0.4) is 0 Å². The first-order chi connectivity index (χ1) is 8.77. The van der Waals surface area contributed by atoms with E-state index in [0.717, 1.165) is 16.8 Å². The van der Waals surface area contributed by atoms with E-state index in [1.165, 1.54) is 10.8 Å². The Hall–Kier alpha value is -1.76. The van der Waals surface area contributed by atoms with Crippen LogP contribution in [0.5, 0.6) is 0 Å². The molecule has 0 spiro atoms. The SMILES string of the molecule is [CH2-]c1ccccc1-c1c2ccccc2cc[n+]1[CH2-].[Ir]. The number of pyridine rings is 1. The van der Waals surface area contributed by atoms with E-state index >= 15 is 0 Å². The standard InChI is InChI=1S/C17H14N.Ir/c1-13-7-3-5-9-15(13)17-16-10-6-4-8-14(16)11-12-18(17)2;/h3-12H,1-2H2;/q-1;. The quantitative estimate of drug-likeness (QED) is 0.415. The predicted molar refractivity (Wildman–Crippen MR) is 74.8 cm³/mol. The van der Waals surface area contributed by atoms with Crippen LogP contribution < -0.4 is 4.57 Å². The molecule has 0 unspecified atom stereocenters. The third kappa shape index (κ3) is 2.37. The molecule has 97 valence electrons. The van der Waals surface area contributed by atoms with E-state index in [2.05, 4.69) is 50.4 Å². The first kappa shape index (κ1) is 13.7. The van der Waals surface area contributed by atoms with Gasteiger partial charge in [-0.3, -0.25) is 0 Å². The first-order valence-electron chi connectivity index (χ1n) is 5.93. The minimum atomic E-state index is 0. The molecule has 2 heteroatoms. The number of hydrogen-bond acceptors (Lipinski definition) is 0. The van der Waals surface area contributed by atoms with Gasteiger partial charge >= 0.3 is 0 Å². The summed E-state index contributed by atoms with van der Waals surface area (Å²) in [5.74, 6) is 0. The zero-order valence-electron chi connectivity index (χ0n) is 10.5. The van der Waals surface area contributed by atoms with Gasteiger partial charge in [0.05, 0.1) is 11.9 Å². The molecule has 0 amide bonds. The summed E-state index contributed by atoms with van der Waals surface area (Å²) in [4.78, 5) is 0. The van der Waals surface area contributed by atoms with Crippen LogP contribution in [0, 0.1) is 14.0 Å². The average Bonchev–Trinajstić information content (AvgIpc) is 2.40. The van der Waals surface area contributed by atoms with Gasteiger partial charge in [0.25, 0.3) is 0 Å². The minimum absolute atomic E-state index is 0. The van der Waals surface area contributed by atoms with E-state index in [0.29, 0.717) is 0 Å². The largest absolute Gasteiger partial charge is 0.343 e. The summed E-state index contributed by atoms with van der Waals surface area (Å²) in [6, 6.07) is 18.6. The molecule has 0 saturated heterocycles. The molecule has 1 aromatic heterocycles. The van der Waals surface area contributed by atoms with Gasteiger partial charge in [-0.05, 0) is 16.8 Å². The summed E-state index contributed by atoms with van der Waals surface area (Å²) in [6.45, 7) is 4.10. The van der Waals surface area contributed by atoms with Crippen LogP contribution >= 0.6 is 0 Å². The van der Waals surface area contributed by atoms with E-state index in [1.807, 2.05) is 29.0 Å². The Morgan fingerprint density at radius 2 is 1.53 bits per heavy atom. The van der Waals surface area contributed by atoms with Crippen molar-refractivity contribution >= 4 is 10.8 Å². The monoisotopic (exact) mass is 425 g/mol. The molecule has 0 aliphatic rings. The summed E-state index contributed by atoms with van der Waals surface area (Å²) >= 11 is 0. The van der Waals surface area contributed by atoms with Crippen molar-refractivity contribution < 1.29 is 24.7 Å². The smallest absolute Gasteiger partial charge is 0.0692 e. The van der Waals surface area contributed by atoms with Crippen molar-refractivity contribution in [3.05, 3.63) is 80.3 Å². The molecule has 2 aromatic carbocycles. The Balaban J connectivity index is 0.00000133. The zero-order valence-corrected chi connectivity index (χ0v) is 12.9. The Kier molecular flexibility index (Phi) is 3.94. The average molecular weight is 425 g/mol. The topological polar surface area (TPSA) is 3.88 Å². The van der Waals surface area contributed by atoms with Gasteiger partial charge in [0.15, 0.2) is 0 Å². The second-order valence-corrected chi connectivity index (χ2v) is 4.38. The van der Waals surface area contributed by atoms with Gasteiger partial charge in [-0.1, -0.05) is 30.3 Å². The maximum Gasteiger partial charge on any atom is 0.0692 e. The van der Waals surface area contributed by atoms with Crippen LogP contribution in [0.25, 0.3) is 22.0 Å². The van der Waals surface area contributed by atoms with Crippen LogP contribution in [0.1, 0.15) is 5.56 Å². The first-order valence-corrected chi connectivity index (χ1v) is 5.93. The molecule has 0 atom stereocenters. The fourth-order valence-corrected chi connectivity index (χ4v) is 2.31. The van der Waals surface area contributed by atoms with Crippen molar-refractivity contribution in [2.24, 2.45) is 0 Å². The molecule has 19 heavy (non-hydrogen) atoms. The minimum Gasteiger partial charge on any atom is -0.343 e. The maximum atomic E-state index is 4.10. The molecule has 1 nitrogen and oxygen atoms in total. The van der Waals surface area contributed by atoms with Crippen molar-refractivity contribution in [2.75, 3.05) is 0 Å². The van der Waals surface area contributed by atoms with Crippen molar-refractivity contribution in [2.45, 2.75) is 0 Å². The molecule has 1 radical (unpaired) electrons. The fraction of sp³-hybridized carbons (Fsp3) is 0. The molecule has 0 fully saturated rings. The number of nitrogens with zero attached hydrogens (tertiary/aromatic N) is 1. The van der Waals surface area contributed by atoms with E-state index in [-0.39, 0.29) is 20.1 Å². The Labute approximate surface area is 127 Å². The Bertz CT molecular complexity index is 719. The molecule has 0 N–H and O–H groups in total. The number of hydrogen-bond donors (Lipinski definition) is 0. The third-order valence-corrected chi connectivity index (χ3v) is 3.21. The second-order valence-electron chi connectivity index (χ2n) is 4.38. The van der Waals surface area contributed by atoms with E-state index in [9.17, 15) is 0 Å². The van der Waals surface area contributed by atoms with Gasteiger partial charge in [0.2, 0.25) is 0 Å². The fourth-order valence-electron chi connectivity index (χ4n) is 2.31.